The van der Waals surface area contributed by atoms with Crippen LogP contribution in [0.2, 0.25) is 0 Å². The van der Waals surface area contributed by atoms with Gasteiger partial charge in [-0.2, -0.15) is 0 Å². The summed E-state index contributed by atoms with van der Waals surface area (Å²) in [5, 5.41) is 3.14. The second-order valence-electron chi connectivity index (χ2n) is 4.41. The third-order valence-corrected chi connectivity index (χ3v) is 3.31. The standard InChI is InChI=1S/C13H18N2O2/c1-17-11-4-2-3-9(7-11)10-5-6-15-12(8-10)13(14)16/h2-4,7,10,12,15H,5-6,8H2,1H3,(H2,14,16). The van der Waals surface area contributed by atoms with E-state index in [1.807, 2.05) is 18.2 Å². The lowest BCUT2D eigenvalue weighted by Crippen LogP contribution is -2.46. The fourth-order valence-electron chi connectivity index (χ4n) is 2.33. The topological polar surface area (TPSA) is 64.3 Å². The minimum absolute atomic E-state index is 0.208. The Morgan fingerprint density at radius 3 is 3.06 bits per heavy atom. The molecule has 2 atom stereocenters. The second-order valence-corrected chi connectivity index (χ2v) is 4.41. The van der Waals surface area contributed by atoms with E-state index in [1.54, 1.807) is 7.11 Å². The number of ether oxygens (including phenoxy) is 1. The molecule has 0 spiro atoms. The zero-order chi connectivity index (χ0) is 12.3. The zero-order valence-corrected chi connectivity index (χ0v) is 9.98. The Kier molecular flexibility index (Phi) is 3.64. The van der Waals surface area contributed by atoms with Crippen LogP contribution < -0.4 is 15.8 Å². The van der Waals surface area contributed by atoms with Gasteiger partial charge < -0.3 is 15.8 Å². The first kappa shape index (κ1) is 11.9. The maximum Gasteiger partial charge on any atom is 0.234 e. The van der Waals surface area contributed by atoms with Crippen LogP contribution >= 0.6 is 0 Å². The van der Waals surface area contributed by atoms with Gasteiger partial charge >= 0.3 is 0 Å². The summed E-state index contributed by atoms with van der Waals surface area (Å²) < 4.78 is 5.21. The van der Waals surface area contributed by atoms with Crippen molar-refractivity contribution in [3.05, 3.63) is 29.8 Å². The van der Waals surface area contributed by atoms with Crippen molar-refractivity contribution in [1.29, 1.82) is 0 Å². The number of piperidine rings is 1. The molecule has 1 heterocycles. The molecule has 1 fully saturated rings. The molecular formula is C13H18N2O2. The summed E-state index contributed by atoms with van der Waals surface area (Å²) in [7, 11) is 1.66. The highest BCUT2D eigenvalue weighted by Gasteiger charge is 2.26. The molecule has 0 saturated carbocycles. The summed E-state index contributed by atoms with van der Waals surface area (Å²) in [6, 6.07) is 7.82. The van der Waals surface area contributed by atoms with Crippen LogP contribution in [0.1, 0.15) is 24.3 Å². The lowest BCUT2D eigenvalue weighted by atomic mass is 9.86. The van der Waals surface area contributed by atoms with E-state index in [2.05, 4.69) is 11.4 Å². The molecule has 1 aliphatic rings. The van der Waals surface area contributed by atoms with Crippen LogP contribution in [-0.2, 0) is 4.79 Å². The van der Waals surface area contributed by atoms with Gasteiger partial charge in [0.15, 0.2) is 0 Å². The highest BCUT2D eigenvalue weighted by Crippen LogP contribution is 2.29. The number of rotatable bonds is 3. The van der Waals surface area contributed by atoms with Crippen LogP contribution in [0.5, 0.6) is 5.75 Å². The average Bonchev–Trinajstić information content (AvgIpc) is 2.39. The van der Waals surface area contributed by atoms with Crippen molar-refractivity contribution in [1.82, 2.24) is 5.32 Å². The van der Waals surface area contributed by atoms with Gasteiger partial charge in [-0.3, -0.25) is 4.79 Å². The quantitative estimate of drug-likeness (QED) is 0.820. The van der Waals surface area contributed by atoms with E-state index in [0.29, 0.717) is 5.92 Å². The number of carbonyl (C=O) groups is 1. The van der Waals surface area contributed by atoms with Crippen LogP contribution in [0, 0.1) is 0 Å². The van der Waals surface area contributed by atoms with E-state index in [1.165, 1.54) is 5.56 Å². The van der Waals surface area contributed by atoms with Gasteiger partial charge in [0, 0.05) is 0 Å². The van der Waals surface area contributed by atoms with Gasteiger partial charge in [0.25, 0.3) is 0 Å². The first-order valence-electron chi connectivity index (χ1n) is 5.87. The number of hydrogen-bond acceptors (Lipinski definition) is 3. The van der Waals surface area contributed by atoms with Crippen LogP contribution in [0.3, 0.4) is 0 Å². The van der Waals surface area contributed by atoms with E-state index in [9.17, 15) is 4.79 Å². The number of benzene rings is 1. The van der Waals surface area contributed by atoms with Crippen LogP contribution in [0.15, 0.2) is 24.3 Å². The summed E-state index contributed by atoms with van der Waals surface area (Å²) in [4.78, 5) is 11.2. The van der Waals surface area contributed by atoms with Gasteiger partial charge in [0.05, 0.1) is 13.2 Å². The minimum Gasteiger partial charge on any atom is -0.497 e. The predicted molar refractivity (Wildman–Crippen MR) is 66.0 cm³/mol. The number of amides is 1. The molecule has 1 saturated heterocycles. The summed E-state index contributed by atoms with van der Waals surface area (Å²) >= 11 is 0. The molecule has 4 nitrogen and oxygen atoms in total. The molecule has 17 heavy (non-hydrogen) atoms. The van der Waals surface area contributed by atoms with Crippen LogP contribution in [-0.4, -0.2) is 25.6 Å². The highest BCUT2D eigenvalue weighted by atomic mass is 16.5. The molecule has 4 heteroatoms. The summed E-state index contributed by atoms with van der Waals surface area (Å²) in [6.45, 7) is 0.829. The fraction of sp³-hybridized carbons (Fsp3) is 0.462. The number of methoxy groups -OCH3 is 1. The molecule has 0 radical (unpaired) electrons. The molecule has 1 aliphatic heterocycles. The Balaban J connectivity index is 2.13. The van der Waals surface area contributed by atoms with Crippen molar-refractivity contribution >= 4 is 5.91 Å². The summed E-state index contributed by atoms with van der Waals surface area (Å²) in [5.74, 6) is 0.970. The third-order valence-electron chi connectivity index (χ3n) is 3.31. The van der Waals surface area contributed by atoms with E-state index < -0.39 is 0 Å². The van der Waals surface area contributed by atoms with Crippen LogP contribution in [0.4, 0.5) is 0 Å². The molecule has 0 aromatic heterocycles. The third kappa shape index (κ3) is 2.77. The van der Waals surface area contributed by atoms with Crippen molar-refractivity contribution in [3.8, 4) is 5.75 Å². The normalized spacial score (nSPS) is 24.3. The maximum absolute atomic E-state index is 11.2. The molecular weight excluding hydrogens is 216 g/mol. The molecule has 2 unspecified atom stereocenters. The SMILES string of the molecule is COc1cccc(C2CCNC(C(N)=O)C2)c1. The predicted octanol–water partition coefficient (Wildman–Crippen LogP) is 1.02. The second kappa shape index (κ2) is 5.19. The lowest BCUT2D eigenvalue weighted by Gasteiger charge is -2.28. The Morgan fingerprint density at radius 1 is 1.53 bits per heavy atom. The van der Waals surface area contributed by atoms with E-state index in [4.69, 9.17) is 10.5 Å². The number of hydrogen-bond donors (Lipinski definition) is 2. The minimum atomic E-state index is -0.266. The smallest absolute Gasteiger partial charge is 0.234 e. The van der Waals surface area contributed by atoms with Crippen molar-refractivity contribution in [2.24, 2.45) is 5.73 Å². The monoisotopic (exact) mass is 234 g/mol. The number of nitrogens with one attached hydrogen (secondary N) is 1. The number of carbonyl (C=O) groups excluding carboxylic acids is 1. The fourth-order valence-corrected chi connectivity index (χ4v) is 2.33. The van der Waals surface area contributed by atoms with E-state index in [-0.39, 0.29) is 11.9 Å². The number of nitrogens with two attached hydrogens (primary N) is 1. The van der Waals surface area contributed by atoms with Crippen molar-refractivity contribution < 1.29 is 9.53 Å². The molecule has 3 N–H and O–H groups in total. The van der Waals surface area contributed by atoms with Crippen molar-refractivity contribution in [2.75, 3.05) is 13.7 Å². The summed E-state index contributed by atoms with van der Waals surface area (Å²) in [6.07, 6.45) is 1.79. The van der Waals surface area contributed by atoms with E-state index >= 15 is 0 Å². The van der Waals surface area contributed by atoms with Crippen molar-refractivity contribution in [3.63, 3.8) is 0 Å². The maximum atomic E-state index is 11.2. The molecule has 0 bridgehead atoms. The molecule has 1 amide bonds. The van der Waals surface area contributed by atoms with Crippen LogP contribution in [0.25, 0.3) is 0 Å². The van der Waals surface area contributed by atoms with Gasteiger partial charge in [0.1, 0.15) is 5.75 Å². The molecule has 1 aromatic rings. The largest absolute Gasteiger partial charge is 0.497 e. The summed E-state index contributed by atoms with van der Waals surface area (Å²) in [5.41, 5.74) is 6.56. The Bertz CT molecular complexity index is 406. The van der Waals surface area contributed by atoms with Gasteiger partial charge in [0.2, 0.25) is 5.91 Å². The zero-order valence-electron chi connectivity index (χ0n) is 9.98. The Morgan fingerprint density at radius 2 is 2.35 bits per heavy atom. The molecule has 2 rings (SSSR count). The highest BCUT2D eigenvalue weighted by molar-refractivity contribution is 5.80. The van der Waals surface area contributed by atoms with Gasteiger partial charge in [-0.25, -0.2) is 0 Å². The Hall–Kier alpha value is -1.55. The van der Waals surface area contributed by atoms with Gasteiger partial charge in [-0.1, -0.05) is 12.1 Å². The first-order valence-corrected chi connectivity index (χ1v) is 5.87. The van der Waals surface area contributed by atoms with Gasteiger partial charge in [-0.05, 0) is 43.0 Å². The number of primary amides is 1. The van der Waals surface area contributed by atoms with E-state index in [0.717, 1.165) is 25.1 Å². The molecule has 92 valence electrons. The molecule has 0 aliphatic carbocycles. The Labute approximate surface area is 101 Å². The first-order chi connectivity index (χ1) is 8.20. The average molecular weight is 234 g/mol. The van der Waals surface area contributed by atoms with Gasteiger partial charge in [-0.15, -0.1) is 0 Å². The van der Waals surface area contributed by atoms with Crippen molar-refractivity contribution in [2.45, 2.75) is 24.8 Å². The molecule has 1 aromatic carbocycles. The lowest BCUT2D eigenvalue weighted by molar-refractivity contribution is -0.120.